The van der Waals surface area contributed by atoms with Crippen molar-refractivity contribution in [2.45, 2.75) is 19.9 Å². The Hall–Kier alpha value is -3.98. The zero-order valence-electron chi connectivity index (χ0n) is 21.0. The lowest BCUT2D eigenvalue weighted by atomic mass is 10.0. The van der Waals surface area contributed by atoms with Gasteiger partial charge in [-0.05, 0) is 67.3 Å². The molecule has 1 atom stereocenters. The highest BCUT2D eigenvalue weighted by Crippen LogP contribution is 2.33. The Morgan fingerprint density at radius 3 is 2.67 bits per heavy atom. The first kappa shape index (κ1) is 25.3. The van der Waals surface area contributed by atoms with E-state index < -0.39 is 6.04 Å². The fourth-order valence-electron chi connectivity index (χ4n) is 4.61. The van der Waals surface area contributed by atoms with Crippen molar-refractivity contribution in [2.75, 3.05) is 5.32 Å². The number of aromatic nitrogens is 1. The number of fused-ring (bicyclic) bond motifs is 1. The van der Waals surface area contributed by atoms with Gasteiger partial charge in [0.15, 0.2) is 4.80 Å². The molecule has 5 aromatic rings. The fraction of sp³-hybridized carbons (Fsp3) is 0.100. The van der Waals surface area contributed by atoms with Gasteiger partial charge in [0.05, 0.1) is 15.8 Å². The number of para-hydroxylation sites is 1. The number of carbonyl (C=O) groups excluding carboxylic acids is 1. The zero-order chi connectivity index (χ0) is 27.1. The van der Waals surface area contributed by atoms with Gasteiger partial charge in [-0.15, -0.1) is 11.3 Å². The summed E-state index contributed by atoms with van der Waals surface area (Å²) in [6.45, 7) is 3.80. The predicted octanol–water partition coefficient (Wildman–Crippen LogP) is 6.16. The van der Waals surface area contributed by atoms with E-state index in [0.717, 1.165) is 16.0 Å². The van der Waals surface area contributed by atoms with Gasteiger partial charge in [-0.2, -0.15) is 0 Å². The minimum atomic E-state index is -0.589. The van der Waals surface area contributed by atoms with Gasteiger partial charge in [0, 0.05) is 27.2 Å². The number of thiazole rings is 1. The van der Waals surface area contributed by atoms with Crippen molar-refractivity contribution in [3.8, 4) is 11.3 Å². The van der Waals surface area contributed by atoms with Gasteiger partial charge in [0.1, 0.15) is 17.6 Å². The van der Waals surface area contributed by atoms with Crippen LogP contribution in [0.1, 0.15) is 29.2 Å². The highest BCUT2D eigenvalue weighted by Gasteiger charge is 2.33. The molecule has 0 saturated carbocycles. The van der Waals surface area contributed by atoms with Crippen molar-refractivity contribution in [2.24, 2.45) is 4.99 Å². The Labute approximate surface area is 236 Å². The molecule has 0 bridgehead atoms. The first-order chi connectivity index (χ1) is 18.9. The summed E-state index contributed by atoms with van der Waals surface area (Å²) in [5.74, 6) is 0.920. The molecule has 39 heavy (non-hydrogen) atoms. The molecule has 1 aliphatic heterocycles. The first-order valence-corrected chi connectivity index (χ1v) is 14.2. The predicted molar refractivity (Wildman–Crippen MR) is 157 cm³/mol. The van der Waals surface area contributed by atoms with Crippen molar-refractivity contribution in [3.05, 3.63) is 130 Å². The molecule has 6 nitrogen and oxygen atoms in total. The Kier molecular flexibility index (Phi) is 6.68. The molecular formula is C30H22ClN3O3S2. The fourth-order valence-corrected chi connectivity index (χ4v) is 6.63. The third-order valence-electron chi connectivity index (χ3n) is 6.48. The number of amides is 1. The number of hydrogen-bond donors (Lipinski definition) is 1. The van der Waals surface area contributed by atoms with Gasteiger partial charge in [0.2, 0.25) is 0 Å². The minimum absolute atomic E-state index is 0.230. The molecule has 0 fully saturated rings. The number of rotatable bonds is 5. The lowest BCUT2D eigenvalue weighted by molar-refractivity contribution is -0.113. The maximum absolute atomic E-state index is 13.8. The van der Waals surface area contributed by atoms with Crippen LogP contribution >= 0.6 is 34.3 Å². The monoisotopic (exact) mass is 571 g/mol. The molecule has 0 spiro atoms. The van der Waals surface area contributed by atoms with Crippen LogP contribution in [0.2, 0.25) is 5.02 Å². The highest BCUT2D eigenvalue weighted by molar-refractivity contribution is 7.10. The molecule has 6 rings (SSSR count). The van der Waals surface area contributed by atoms with E-state index in [1.54, 1.807) is 10.6 Å². The smallest absolute Gasteiger partial charge is 0.271 e. The number of halogens is 1. The SMILES string of the molecule is CC1=C(C(=O)Nc2ccccc2)C(c2cccs2)n2c(s/c(=C\c3ccc(-c4cc(Cl)ccc4C)o3)c2=O)=N1. The largest absolute Gasteiger partial charge is 0.457 e. The summed E-state index contributed by atoms with van der Waals surface area (Å²) in [4.78, 5) is 33.4. The van der Waals surface area contributed by atoms with Gasteiger partial charge in [-0.3, -0.25) is 14.2 Å². The number of carbonyl (C=O) groups is 1. The molecule has 1 aliphatic rings. The van der Waals surface area contributed by atoms with Crippen LogP contribution in [0.25, 0.3) is 17.4 Å². The van der Waals surface area contributed by atoms with E-state index in [1.165, 1.54) is 22.7 Å². The van der Waals surface area contributed by atoms with Crippen LogP contribution in [0.4, 0.5) is 5.69 Å². The van der Waals surface area contributed by atoms with Crippen molar-refractivity contribution in [3.63, 3.8) is 0 Å². The summed E-state index contributed by atoms with van der Waals surface area (Å²) in [6.07, 6.45) is 1.72. The van der Waals surface area contributed by atoms with Gasteiger partial charge < -0.3 is 9.73 Å². The van der Waals surface area contributed by atoms with Gasteiger partial charge >= 0.3 is 0 Å². The number of allylic oxidation sites excluding steroid dienone is 1. The van der Waals surface area contributed by atoms with E-state index in [-0.39, 0.29) is 11.5 Å². The van der Waals surface area contributed by atoms with Crippen molar-refractivity contribution in [1.29, 1.82) is 0 Å². The maximum Gasteiger partial charge on any atom is 0.271 e. The average molecular weight is 572 g/mol. The molecule has 1 unspecified atom stereocenters. The second-order valence-electron chi connectivity index (χ2n) is 9.08. The molecular weight excluding hydrogens is 550 g/mol. The van der Waals surface area contributed by atoms with Crippen LogP contribution < -0.4 is 20.2 Å². The van der Waals surface area contributed by atoms with Crippen molar-refractivity contribution < 1.29 is 9.21 Å². The van der Waals surface area contributed by atoms with E-state index >= 15 is 0 Å². The summed E-state index contributed by atoms with van der Waals surface area (Å²) < 4.78 is 8.16. The molecule has 0 radical (unpaired) electrons. The molecule has 1 N–H and O–H groups in total. The summed E-state index contributed by atoms with van der Waals surface area (Å²) in [5.41, 5.74) is 3.39. The Balaban J connectivity index is 1.43. The molecule has 0 aliphatic carbocycles. The van der Waals surface area contributed by atoms with E-state index in [4.69, 9.17) is 16.0 Å². The molecule has 2 aromatic carbocycles. The van der Waals surface area contributed by atoms with Gasteiger partial charge in [-0.25, -0.2) is 4.99 Å². The third-order valence-corrected chi connectivity index (χ3v) is 8.62. The van der Waals surface area contributed by atoms with E-state index in [9.17, 15) is 9.59 Å². The van der Waals surface area contributed by atoms with Crippen LogP contribution in [0.15, 0.2) is 104 Å². The van der Waals surface area contributed by atoms with Crippen LogP contribution in [-0.2, 0) is 4.79 Å². The standard InChI is InChI=1S/C30H22ClN3O3S2/c1-17-10-11-19(31)15-22(17)23-13-12-21(37-23)16-25-29(36)34-27(24-9-6-14-38-24)26(18(2)32-30(34)39-25)28(35)33-20-7-4-3-5-8-20/h3-16,27H,1-2H3,(H,33,35)/b25-16-. The number of anilines is 1. The molecule has 9 heteroatoms. The molecule has 0 saturated heterocycles. The number of thiophene rings is 1. The number of nitrogens with one attached hydrogen (secondary N) is 1. The highest BCUT2D eigenvalue weighted by atomic mass is 35.5. The van der Waals surface area contributed by atoms with E-state index in [0.29, 0.717) is 42.8 Å². The first-order valence-electron chi connectivity index (χ1n) is 12.2. The third kappa shape index (κ3) is 4.83. The van der Waals surface area contributed by atoms with E-state index in [1.807, 2.05) is 92.0 Å². The average Bonchev–Trinajstić information content (AvgIpc) is 3.67. The van der Waals surface area contributed by atoms with Crippen LogP contribution in [0, 0.1) is 6.92 Å². The van der Waals surface area contributed by atoms with Crippen LogP contribution in [0.3, 0.4) is 0 Å². The lowest BCUT2D eigenvalue weighted by Crippen LogP contribution is -2.40. The normalized spacial score (nSPS) is 15.3. The lowest BCUT2D eigenvalue weighted by Gasteiger charge is -2.24. The van der Waals surface area contributed by atoms with Crippen LogP contribution in [-0.4, -0.2) is 10.5 Å². The van der Waals surface area contributed by atoms with Crippen LogP contribution in [0.5, 0.6) is 0 Å². The molecule has 194 valence electrons. The molecule has 3 aromatic heterocycles. The van der Waals surface area contributed by atoms with Gasteiger partial charge in [-0.1, -0.05) is 53.3 Å². The quantitative estimate of drug-likeness (QED) is 0.275. The number of furan rings is 1. The number of aryl methyl sites for hydroxylation is 1. The Morgan fingerprint density at radius 1 is 1.08 bits per heavy atom. The van der Waals surface area contributed by atoms with Crippen molar-refractivity contribution >= 4 is 51.9 Å². The molecule has 1 amide bonds. The summed E-state index contributed by atoms with van der Waals surface area (Å²) in [5, 5.41) is 5.52. The zero-order valence-corrected chi connectivity index (χ0v) is 23.4. The summed E-state index contributed by atoms with van der Waals surface area (Å²) in [7, 11) is 0. The maximum atomic E-state index is 13.8. The Morgan fingerprint density at radius 2 is 1.90 bits per heavy atom. The second-order valence-corrected chi connectivity index (χ2v) is 11.5. The summed E-state index contributed by atoms with van der Waals surface area (Å²) in [6, 6.07) is 21.9. The minimum Gasteiger partial charge on any atom is -0.457 e. The number of benzene rings is 2. The summed E-state index contributed by atoms with van der Waals surface area (Å²) >= 11 is 8.97. The topological polar surface area (TPSA) is 76.6 Å². The second kappa shape index (κ2) is 10.3. The molecule has 4 heterocycles. The van der Waals surface area contributed by atoms with E-state index in [2.05, 4.69) is 10.3 Å². The van der Waals surface area contributed by atoms with Crippen molar-refractivity contribution in [1.82, 2.24) is 4.57 Å². The number of nitrogens with zero attached hydrogens (tertiary/aromatic N) is 2. The number of hydrogen-bond acceptors (Lipinski definition) is 6. The van der Waals surface area contributed by atoms with Gasteiger partial charge in [0.25, 0.3) is 11.5 Å². The Bertz CT molecular complexity index is 1920.